The average molecular weight is 203 g/mol. The molecule has 0 aliphatic rings. The van der Waals surface area contributed by atoms with Crippen LogP contribution in [0, 0.1) is 6.92 Å². The molecule has 4 heteroatoms. The zero-order valence-corrected chi connectivity index (χ0v) is 8.77. The van der Waals surface area contributed by atoms with Crippen molar-refractivity contribution in [2.75, 3.05) is 13.0 Å². The highest BCUT2D eigenvalue weighted by Crippen LogP contribution is 2.21. The van der Waals surface area contributed by atoms with Crippen LogP contribution in [0.5, 0.6) is 5.75 Å². The predicted molar refractivity (Wildman–Crippen MR) is 59.1 cm³/mol. The van der Waals surface area contributed by atoms with E-state index in [1.165, 1.54) is 4.68 Å². The molecule has 0 saturated heterocycles. The second-order valence-corrected chi connectivity index (χ2v) is 3.35. The summed E-state index contributed by atoms with van der Waals surface area (Å²) in [6.45, 7) is 1.91. The van der Waals surface area contributed by atoms with Gasteiger partial charge in [-0.25, -0.2) is 4.98 Å². The van der Waals surface area contributed by atoms with Gasteiger partial charge in [-0.2, -0.15) is 0 Å². The molecule has 0 unspecified atom stereocenters. The van der Waals surface area contributed by atoms with Gasteiger partial charge in [0.15, 0.2) is 5.82 Å². The van der Waals surface area contributed by atoms with E-state index in [9.17, 15) is 0 Å². The molecule has 0 fully saturated rings. The molecule has 0 bridgehead atoms. The van der Waals surface area contributed by atoms with Gasteiger partial charge in [0.1, 0.15) is 5.75 Å². The lowest BCUT2D eigenvalue weighted by atomic mass is 10.2. The van der Waals surface area contributed by atoms with Crippen LogP contribution in [0.4, 0.5) is 0 Å². The van der Waals surface area contributed by atoms with E-state index >= 15 is 0 Å². The van der Waals surface area contributed by atoms with Crippen LogP contribution in [-0.4, -0.2) is 16.8 Å². The average Bonchev–Trinajstić information content (AvgIpc) is 2.58. The van der Waals surface area contributed by atoms with Gasteiger partial charge in [0.2, 0.25) is 0 Å². The second kappa shape index (κ2) is 3.65. The molecule has 15 heavy (non-hydrogen) atoms. The molecule has 4 nitrogen and oxygen atoms in total. The first kappa shape index (κ1) is 9.58. The first-order valence-electron chi connectivity index (χ1n) is 4.66. The summed E-state index contributed by atoms with van der Waals surface area (Å²) in [5.74, 6) is 7.32. The number of benzene rings is 1. The van der Waals surface area contributed by atoms with Crippen molar-refractivity contribution in [1.29, 1.82) is 0 Å². The van der Waals surface area contributed by atoms with E-state index in [-0.39, 0.29) is 0 Å². The van der Waals surface area contributed by atoms with E-state index in [0.29, 0.717) is 0 Å². The van der Waals surface area contributed by atoms with Gasteiger partial charge in [-0.1, -0.05) is 12.1 Å². The zero-order chi connectivity index (χ0) is 10.8. The number of imidazole rings is 1. The SMILES string of the molecule is COc1cccc(-c2nc(C)cn2N)c1. The van der Waals surface area contributed by atoms with Gasteiger partial charge >= 0.3 is 0 Å². The second-order valence-electron chi connectivity index (χ2n) is 3.35. The van der Waals surface area contributed by atoms with E-state index in [1.54, 1.807) is 13.3 Å². The number of rotatable bonds is 2. The number of hydrogen-bond donors (Lipinski definition) is 1. The van der Waals surface area contributed by atoms with Gasteiger partial charge < -0.3 is 10.6 Å². The van der Waals surface area contributed by atoms with Crippen molar-refractivity contribution in [3.8, 4) is 17.1 Å². The highest BCUT2D eigenvalue weighted by Gasteiger charge is 2.06. The van der Waals surface area contributed by atoms with Crippen LogP contribution in [0.2, 0.25) is 0 Å². The number of ether oxygens (including phenoxy) is 1. The summed E-state index contributed by atoms with van der Waals surface area (Å²) in [4.78, 5) is 4.34. The number of methoxy groups -OCH3 is 1. The van der Waals surface area contributed by atoms with Crippen LogP contribution < -0.4 is 10.6 Å². The summed E-state index contributed by atoms with van der Waals surface area (Å²) in [6, 6.07) is 7.66. The van der Waals surface area contributed by atoms with Crippen molar-refractivity contribution in [2.45, 2.75) is 6.92 Å². The molecule has 78 valence electrons. The third-order valence-electron chi connectivity index (χ3n) is 2.18. The minimum Gasteiger partial charge on any atom is -0.497 e. The van der Waals surface area contributed by atoms with Crippen LogP contribution in [0.25, 0.3) is 11.4 Å². The molecule has 1 aromatic heterocycles. The fourth-order valence-electron chi connectivity index (χ4n) is 1.49. The Labute approximate surface area is 88.3 Å². The molecule has 1 heterocycles. The number of aromatic nitrogens is 2. The Balaban J connectivity index is 2.49. The number of aryl methyl sites for hydroxylation is 1. The van der Waals surface area contributed by atoms with E-state index in [1.807, 2.05) is 31.2 Å². The Morgan fingerprint density at radius 3 is 2.80 bits per heavy atom. The van der Waals surface area contributed by atoms with Crippen molar-refractivity contribution in [3.63, 3.8) is 0 Å². The summed E-state index contributed by atoms with van der Waals surface area (Å²) < 4.78 is 6.66. The fourth-order valence-corrected chi connectivity index (χ4v) is 1.49. The third-order valence-corrected chi connectivity index (χ3v) is 2.18. The fraction of sp³-hybridized carbons (Fsp3) is 0.182. The predicted octanol–water partition coefficient (Wildman–Crippen LogP) is 1.58. The van der Waals surface area contributed by atoms with Crippen LogP contribution in [-0.2, 0) is 0 Å². The molecule has 0 spiro atoms. The van der Waals surface area contributed by atoms with Gasteiger partial charge in [-0.3, -0.25) is 4.68 Å². The molecule has 0 aliphatic carbocycles. The van der Waals surface area contributed by atoms with Crippen molar-refractivity contribution >= 4 is 0 Å². The molecular formula is C11H13N3O. The first-order valence-corrected chi connectivity index (χ1v) is 4.66. The lowest BCUT2D eigenvalue weighted by molar-refractivity contribution is 0.415. The normalized spacial score (nSPS) is 10.3. The summed E-state index contributed by atoms with van der Waals surface area (Å²) in [7, 11) is 1.64. The largest absolute Gasteiger partial charge is 0.497 e. The first-order chi connectivity index (χ1) is 7.20. The molecule has 2 aromatic rings. The summed E-state index contributed by atoms with van der Waals surface area (Å²) in [5, 5.41) is 0. The molecule has 1 aromatic carbocycles. The number of nitrogens with zero attached hydrogens (tertiary/aromatic N) is 2. The number of nitrogens with two attached hydrogens (primary N) is 1. The van der Waals surface area contributed by atoms with Crippen LogP contribution >= 0.6 is 0 Å². The van der Waals surface area contributed by atoms with Crippen LogP contribution in [0.3, 0.4) is 0 Å². The van der Waals surface area contributed by atoms with Gasteiger partial charge in [-0.05, 0) is 19.1 Å². The standard InChI is InChI=1S/C11H13N3O/c1-8-7-14(12)11(13-8)9-4-3-5-10(6-9)15-2/h3-7H,12H2,1-2H3. The van der Waals surface area contributed by atoms with Crippen molar-refractivity contribution in [2.24, 2.45) is 0 Å². The molecule has 0 radical (unpaired) electrons. The minimum atomic E-state index is 0.742. The highest BCUT2D eigenvalue weighted by atomic mass is 16.5. The molecule has 2 N–H and O–H groups in total. The van der Waals surface area contributed by atoms with Crippen LogP contribution in [0.1, 0.15) is 5.69 Å². The van der Waals surface area contributed by atoms with Gasteiger partial charge in [0.25, 0.3) is 0 Å². The lowest BCUT2D eigenvalue weighted by Crippen LogP contribution is -2.08. The van der Waals surface area contributed by atoms with Gasteiger partial charge in [0.05, 0.1) is 12.8 Å². The monoisotopic (exact) mass is 203 g/mol. The van der Waals surface area contributed by atoms with Gasteiger partial charge in [0, 0.05) is 11.8 Å². The maximum Gasteiger partial charge on any atom is 0.158 e. The summed E-state index contributed by atoms with van der Waals surface area (Å²) in [5.41, 5.74) is 1.85. The van der Waals surface area contributed by atoms with E-state index < -0.39 is 0 Å². The summed E-state index contributed by atoms with van der Waals surface area (Å²) >= 11 is 0. The Bertz CT molecular complexity index is 476. The summed E-state index contributed by atoms with van der Waals surface area (Å²) in [6.07, 6.45) is 1.79. The molecule has 0 amide bonds. The van der Waals surface area contributed by atoms with Crippen molar-refractivity contribution < 1.29 is 4.74 Å². The third kappa shape index (κ3) is 1.79. The number of nitrogen functional groups attached to an aromatic ring is 1. The Morgan fingerprint density at radius 1 is 1.40 bits per heavy atom. The van der Waals surface area contributed by atoms with E-state index in [2.05, 4.69) is 4.98 Å². The smallest absolute Gasteiger partial charge is 0.158 e. The van der Waals surface area contributed by atoms with Crippen molar-refractivity contribution in [3.05, 3.63) is 36.2 Å². The van der Waals surface area contributed by atoms with Crippen molar-refractivity contribution in [1.82, 2.24) is 9.66 Å². The lowest BCUT2D eigenvalue weighted by Gasteiger charge is -2.03. The molecule has 2 rings (SSSR count). The Kier molecular flexibility index (Phi) is 2.33. The maximum atomic E-state index is 5.78. The highest BCUT2D eigenvalue weighted by molar-refractivity contribution is 5.58. The van der Waals surface area contributed by atoms with E-state index in [0.717, 1.165) is 22.8 Å². The van der Waals surface area contributed by atoms with Gasteiger partial charge in [-0.15, -0.1) is 0 Å². The molecule has 0 saturated carbocycles. The molecule has 0 aliphatic heterocycles. The minimum absolute atomic E-state index is 0.742. The molecular weight excluding hydrogens is 190 g/mol. The quantitative estimate of drug-likeness (QED) is 0.754. The zero-order valence-electron chi connectivity index (χ0n) is 8.77. The van der Waals surface area contributed by atoms with Crippen LogP contribution in [0.15, 0.2) is 30.5 Å². The Morgan fingerprint density at radius 2 is 2.20 bits per heavy atom. The molecule has 0 atom stereocenters. The maximum absolute atomic E-state index is 5.78. The van der Waals surface area contributed by atoms with E-state index in [4.69, 9.17) is 10.6 Å². The topological polar surface area (TPSA) is 53.1 Å². The Hall–Kier alpha value is -1.97. The number of hydrogen-bond acceptors (Lipinski definition) is 3.